The van der Waals surface area contributed by atoms with Gasteiger partial charge in [-0.3, -0.25) is 9.59 Å². The van der Waals surface area contributed by atoms with Crippen molar-refractivity contribution < 1.29 is 9.59 Å². The topological polar surface area (TPSA) is 65.2 Å². The number of carbonyl (C=O) groups is 2. The molecule has 1 aliphatic rings. The van der Waals surface area contributed by atoms with Gasteiger partial charge in [-0.2, -0.15) is 0 Å². The number of amides is 2. The molecule has 2 heterocycles. The van der Waals surface area contributed by atoms with Crippen molar-refractivity contribution in [3.8, 4) is 0 Å². The normalized spacial score (nSPS) is 16.7. The number of benzene rings is 2. The van der Waals surface area contributed by atoms with Crippen LogP contribution in [0.1, 0.15) is 37.3 Å². The average molecular weight is 389 g/mol. The number of rotatable bonds is 6. The molecule has 0 spiro atoms. The van der Waals surface area contributed by atoms with Gasteiger partial charge in [-0.15, -0.1) is 0 Å². The van der Waals surface area contributed by atoms with Gasteiger partial charge in [0.25, 0.3) is 0 Å². The maximum Gasteiger partial charge on any atom is 0.229 e. The summed E-state index contributed by atoms with van der Waals surface area (Å²) < 4.78 is 0. The van der Waals surface area contributed by atoms with Crippen LogP contribution in [-0.2, 0) is 16.0 Å². The number of aromatic nitrogens is 1. The van der Waals surface area contributed by atoms with E-state index in [2.05, 4.69) is 36.3 Å². The summed E-state index contributed by atoms with van der Waals surface area (Å²) in [6, 6.07) is 16.0. The summed E-state index contributed by atoms with van der Waals surface area (Å²) in [6.07, 6.45) is 3.07. The number of nitrogens with one attached hydrogen (secondary N) is 2. The predicted molar refractivity (Wildman–Crippen MR) is 116 cm³/mol. The first-order chi connectivity index (χ1) is 14.0. The standard InChI is InChI=1S/C24H27N3O2/c1-16(2)19-7-3-6-10-22(19)26-24(29)18-13-23(28)27(15-18)12-11-17-14-25-21-9-5-4-8-20(17)21/h3-10,14,16,18,25H,11-13,15H2,1-2H3,(H,26,29). The Bertz CT molecular complexity index is 1040. The van der Waals surface area contributed by atoms with E-state index in [1.807, 2.05) is 47.5 Å². The molecule has 1 saturated heterocycles. The van der Waals surface area contributed by atoms with Gasteiger partial charge < -0.3 is 15.2 Å². The van der Waals surface area contributed by atoms with E-state index in [0.29, 0.717) is 19.0 Å². The summed E-state index contributed by atoms with van der Waals surface area (Å²) in [5.74, 6) is 0.0123. The number of H-pyrrole nitrogens is 1. The molecule has 0 aliphatic carbocycles. The van der Waals surface area contributed by atoms with Gasteiger partial charge in [-0.05, 0) is 35.6 Å². The lowest BCUT2D eigenvalue weighted by molar-refractivity contribution is -0.128. The SMILES string of the molecule is CC(C)c1ccccc1NC(=O)C1CC(=O)N(CCc2c[nH]c3ccccc23)C1. The molecule has 0 radical (unpaired) electrons. The maximum absolute atomic E-state index is 12.8. The molecular formula is C24H27N3O2. The molecule has 5 heteroatoms. The fourth-order valence-electron chi connectivity index (χ4n) is 4.11. The Hall–Kier alpha value is -3.08. The highest BCUT2D eigenvalue weighted by molar-refractivity contribution is 5.97. The highest BCUT2D eigenvalue weighted by Gasteiger charge is 2.34. The molecule has 29 heavy (non-hydrogen) atoms. The van der Waals surface area contributed by atoms with Gasteiger partial charge in [-0.1, -0.05) is 50.2 Å². The van der Waals surface area contributed by atoms with Gasteiger partial charge in [0, 0.05) is 42.3 Å². The highest BCUT2D eigenvalue weighted by Crippen LogP contribution is 2.26. The fourth-order valence-corrected chi connectivity index (χ4v) is 4.11. The minimum Gasteiger partial charge on any atom is -0.361 e. The van der Waals surface area contributed by atoms with Crippen molar-refractivity contribution in [2.24, 2.45) is 5.92 Å². The van der Waals surface area contributed by atoms with E-state index in [-0.39, 0.29) is 24.2 Å². The van der Waals surface area contributed by atoms with Crippen LogP contribution < -0.4 is 5.32 Å². The third-order valence-electron chi connectivity index (χ3n) is 5.75. The first-order valence-corrected chi connectivity index (χ1v) is 10.3. The number of fused-ring (bicyclic) bond motifs is 1. The maximum atomic E-state index is 12.8. The van der Waals surface area contributed by atoms with Crippen LogP contribution in [0.15, 0.2) is 54.7 Å². The number of hydrogen-bond donors (Lipinski definition) is 2. The van der Waals surface area contributed by atoms with Crippen LogP contribution in [0.3, 0.4) is 0 Å². The number of carbonyl (C=O) groups excluding carboxylic acids is 2. The molecule has 2 N–H and O–H groups in total. The van der Waals surface area contributed by atoms with Crippen molar-refractivity contribution in [3.63, 3.8) is 0 Å². The molecule has 150 valence electrons. The molecule has 2 aromatic carbocycles. The van der Waals surface area contributed by atoms with E-state index in [1.165, 1.54) is 10.9 Å². The monoisotopic (exact) mass is 389 g/mol. The lowest BCUT2D eigenvalue weighted by atomic mass is 10.0. The van der Waals surface area contributed by atoms with E-state index in [4.69, 9.17) is 0 Å². The van der Waals surface area contributed by atoms with Crippen LogP contribution in [-0.4, -0.2) is 34.8 Å². The van der Waals surface area contributed by atoms with E-state index in [0.717, 1.165) is 23.2 Å². The molecule has 1 aliphatic heterocycles. The van der Waals surface area contributed by atoms with E-state index >= 15 is 0 Å². The lowest BCUT2D eigenvalue weighted by Crippen LogP contribution is -2.30. The van der Waals surface area contributed by atoms with Crippen LogP contribution in [0.25, 0.3) is 10.9 Å². The molecule has 1 aromatic heterocycles. The number of aromatic amines is 1. The number of likely N-dealkylation sites (tertiary alicyclic amines) is 1. The van der Waals surface area contributed by atoms with E-state index in [1.54, 1.807) is 0 Å². The number of nitrogens with zero attached hydrogens (tertiary/aromatic N) is 1. The van der Waals surface area contributed by atoms with Gasteiger partial charge in [0.1, 0.15) is 0 Å². The second-order valence-corrected chi connectivity index (χ2v) is 8.08. The largest absolute Gasteiger partial charge is 0.361 e. The summed E-state index contributed by atoms with van der Waals surface area (Å²) in [7, 11) is 0. The van der Waals surface area contributed by atoms with Crippen molar-refractivity contribution in [1.82, 2.24) is 9.88 Å². The third kappa shape index (κ3) is 4.04. The molecular weight excluding hydrogens is 362 g/mol. The van der Waals surface area contributed by atoms with Crippen molar-refractivity contribution in [3.05, 3.63) is 65.9 Å². The molecule has 1 fully saturated rings. The van der Waals surface area contributed by atoms with Crippen LogP contribution in [0.4, 0.5) is 5.69 Å². The Labute approximate surface area is 171 Å². The van der Waals surface area contributed by atoms with Crippen molar-refractivity contribution in [2.45, 2.75) is 32.6 Å². The summed E-state index contributed by atoms with van der Waals surface area (Å²) >= 11 is 0. The smallest absolute Gasteiger partial charge is 0.229 e. The Morgan fingerprint density at radius 3 is 2.76 bits per heavy atom. The molecule has 0 saturated carbocycles. The lowest BCUT2D eigenvalue weighted by Gasteiger charge is -2.18. The second kappa shape index (κ2) is 8.11. The summed E-state index contributed by atoms with van der Waals surface area (Å²) in [4.78, 5) is 30.4. The minimum absolute atomic E-state index is 0.0575. The Morgan fingerprint density at radius 2 is 1.93 bits per heavy atom. The van der Waals surface area contributed by atoms with E-state index < -0.39 is 0 Å². The number of anilines is 1. The highest BCUT2D eigenvalue weighted by atomic mass is 16.2. The number of para-hydroxylation sites is 2. The molecule has 1 atom stereocenters. The minimum atomic E-state index is -0.300. The zero-order valence-electron chi connectivity index (χ0n) is 16.9. The first kappa shape index (κ1) is 19.2. The first-order valence-electron chi connectivity index (χ1n) is 10.3. The molecule has 3 aromatic rings. The third-order valence-corrected chi connectivity index (χ3v) is 5.75. The van der Waals surface area contributed by atoms with Crippen LogP contribution >= 0.6 is 0 Å². The second-order valence-electron chi connectivity index (χ2n) is 8.08. The van der Waals surface area contributed by atoms with Gasteiger partial charge in [0.15, 0.2) is 0 Å². The number of hydrogen-bond acceptors (Lipinski definition) is 2. The van der Waals surface area contributed by atoms with Gasteiger partial charge in [0.2, 0.25) is 11.8 Å². The van der Waals surface area contributed by atoms with Crippen LogP contribution in [0.2, 0.25) is 0 Å². The van der Waals surface area contributed by atoms with Crippen molar-refractivity contribution in [2.75, 3.05) is 18.4 Å². The Kier molecular flexibility index (Phi) is 5.38. The molecule has 0 bridgehead atoms. The average Bonchev–Trinajstić information content (AvgIpc) is 3.30. The summed E-state index contributed by atoms with van der Waals surface area (Å²) in [6.45, 7) is 5.33. The molecule has 5 nitrogen and oxygen atoms in total. The summed E-state index contributed by atoms with van der Waals surface area (Å²) in [5.41, 5.74) is 4.27. The summed E-state index contributed by atoms with van der Waals surface area (Å²) in [5, 5.41) is 4.24. The molecule has 4 rings (SSSR count). The van der Waals surface area contributed by atoms with Gasteiger partial charge in [0.05, 0.1) is 5.92 Å². The van der Waals surface area contributed by atoms with Gasteiger partial charge in [-0.25, -0.2) is 0 Å². The fraction of sp³-hybridized carbons (Fsp3) is 0.333. The predicted octanol–water partition coefficient (Wildman–Crippen LogP) is 4.32. The zero-order valence-corrected chi connectivity index (χ0v) is 16.9. The van der Waals surface area contributed by atoms with Crippen LogP contribution in [0, 0.1) is 5.92 Å². The molecule has 2 amide bonds. The Balaban J connectivity index is 1.38. The molecule has 1 unspecified atom stereocenters. The zero-order chi connectivity index (χ0) is 20.4. The van der Waals surface area contributed by atoms with Crippen molar-refractivity contribution in [1.29, 1.82) is 0 Å². The van der Waals surface area contributed by atoms with Crippen molar-refractivity contribution >= 4 is 28.4 Å². The van der Waals surface area contributed by atoms with E-state index in [9.17, 15) is 9.59 Å². The van der Waals surface area contributed by atoms with Crippen LogP contribution in [0.5, 0.6) is 0 Å². The van der Waals surface area contributed by atoms with Gasteiger partial charge >= 0.3 is 0 Å². The Morgan fingerprint density at radius 1 is 1.17 bits per heavy atom. The quantitative estimate of drug-likeness (QED) is 0.659.